The molecule has 0 spiro atoms. The molecule has 0 aliphatic carbocycles. The summed E-state index contributed by atoms with van der Waals surface area (Å²) in [7, 11) is 0. The monoisotopic (exact) mass is 311 g/mol. The largest absolute Gasteiger partial charge is 0.444 e. The molecule has 2 heterocycles. The van der Waals surface area contributed by atoms with Crippen LogP contribution in [-0.4, -0.2) is 41.6 Å². The molecule has 2 aliphatic rings. The maximum Gasteiger partial charge on any atom is 0.410 e. The van der Waals surface area contributed by atoms with Gasteiger partial charge in [-0.1, -0.05) is 0 Å². The molecule has 1 N–H and O–H groups in total. The minimum Gasteiger partial charge on any atom is -0.444 e. The van der Waals surface area contributed by atoms with Crippen molar-refractivity contribution in [2.45, 2.75) is 58.2 Å². The van der Waals surface area contributed by atoms with Crippen LogP contribution in [0.5, 0.6) is 0 Å². The second kappa shape index (κ2) is 6.26. The average Bonchev–Trinajstić information content (AvgIpc) is 2.41. The van der Waals surface area contributed by atoms with E-state index in [0.717, 1.165) is 25.8 Å². The van der Waals surface area contributed by atoms with Crippen LogP contribution in [0.1, 0.15) is 47.0 Å². The van der Waals surface area contributed by atoms with Crippen molar-refractivity contribution in [1.29, 1.82) is 0 Å². The molecule has 0 aromatic rings. The lowest BCUT2D eigenvalue weighted by molar-refractivity contribution is 0.0148. The number of piperidine rings is 1. The summed E-state index contributed by atoms with van der Waals surface area (Å²) in [6.07, 6.45) is 5.10. The van der Waals surface area contributed by atoms with E-state index in [1.165, 1.54) is 12.4 Å². The Kier molecular flexibility index (Phi) is 4.78. The molecule has 1 unspecified atom stereocenters. The first-order valence-electron chi connectivity index (χ1n) is 7.83. The molecule has 5 nitrogen and oxygen atoms in total. The number of carbonyl (C=O) groups is 1. The summed E-state index contributed by atoms with van der Waals surface area (Å²) in [5.41, 5.74) is -0.981. The molecule has 6 heteroatoms. The van der Waals surface area contributed by atoms with Gasteiger partial charge in [0.1, 0.15) is 11.3 Å². The van der Waals surface area contributed by atoms with Crippen LogP contribution < -0.4 is 5.32 Å². The zero-order valence-corrected chi connectivity index (χ0v) is 13.9. The van der Waals surface area contributed by atoms with Crippen molar-refractivity contribution in [1.82, 2.24) is 10.2 Å². The minimum absolute atomic E-state index is 0.256. The van der Waals surface area contributed by atoms with Gasteiger partial charge in [-0.2, -0.15) is 0 Å². The number of amides is 1. The number of ether oxygens (including phenoxy) is 1. The number of nitrogens with zero attached hydrogens (tertiary/aromatic N) is 2. The first-order chi connectivity index (χ1) is 10.2. The Morgan fingerprint density at radius 2 is 2.32 bits per heavy atom. The molecule has 0 aromatic heterocycles. The number of allylic oxidation sites excluding steroid dienone is 1. The van der Waals surface area contributed by atoms with Crippen LogP contribution in [0.2, 0.25) is 0 Å². The lowest BCUT2D eigenvalue weighted by Crippen LogP contribution is -2.47. The van der Waals surface area contributed by atoms with Crippen molar-refractivity contribution < 1.29 is 13.9 Å². The van der Waals surface area contributed by atoms with Crippen molar-refractivity contribution in [2.24, 2.45) is 10.9 Å². The van der Waals surface area contributed by atoms with E-state index in [2.05, 4.69) is 10.3 Å². The Balaban J connectivity index is 1.91. The molecule has 1 amide bonds. The Labute approximate surface area is 131 Å². The second-order valence-corrected chi connectivity index (χ2v) is 7.34. The van der Waals surface area contributed by atoms with Gasteiger partial charge < -0.3 is 15.0 Å². The maximum absolute atomic E-state index is 13.0. The number of hydrogen-bond donors (Lipinski definition) is 1. The van der Waals surface area contributed by atoms with Gasteiger partial charge in [-0.3, -0.25) is 4.99 Å². The molecule has 22 heavy (non-hydrogen) atoms. The SMILES string of the molecule is CC1(C[C@H]2CCCN(C(=O)OC(C)(C)C)C2)N=CC(F)=CN1. The predicted molar refractivity (Wildman–Crippen MR) is 84.4 cm³/mol. The van der Waals surface area contributed by atoms with Gasteiger partial charge in [0.2, 0.25) is 0 Å². The van der Waals surface area contributed by atoms with Gasteiger partial charge in [0.15, 0.2) is 5.83 Å². The number of nitrogens with one attached hydrogen (secondary N) is 1. The van der Waals surface area contributed by atoms with Crippen LogP contribution in [0.3, 0.4) is 0 Å². The third kappa shape index (κ3) is 4.71. The zero-order chi connectivity index (χ0) is 16.4. The number of hydrogen-bond acceptors (Lipinski definition) is 4. The van der Waals surface area contributed by atoms with Crippen LogP contribution in [-0.2, 0) is 4.74 Å². The van der Waals surface area contributed by atoms with E-state index >= 15 is 0 Å². The van der Waals surface area contributed by atoms with E-state index in [9.17, 15) is 9.18 Å². The second-order valence-electron chi connectivity index (χ2n) is 7.34. The molecule has 2 aliphatic heterocycles. The van der Waals surface area contributed by atoms with Crippen molar-refractivity contribution in [3.8, 4) is 0 Å². The first kappa shape index (κ1) is 16.8. The molecule has 1 saturated heterocycles. The summed E-state index contributed by atoms with van der Waals surface area (Å²) in [5.74, 6) is -0.0398. The fourth-order valence-corrected chi connectivity index (χ4v) is 2.90. The van der Waals surface area contributed by atoms with Crippen LogP contribution in [0, 0.1) is 5.92 Å². The van der Waals surface area contributed by atoms with Gasteiger partial charge in [-0.25, -0.2) is 9.18 Å². The van der Waals surface area contributed by atoms with E-state index in [4.69, 9.17) is 4.74 Å². The Bertz CT molecular complexity index is 484. The van der Waals surface area contributed by atoms with E-state index in [1.54, 1.807) is 4.90 Å². The average molecular weight is 311 g/mol. The van der Waals surface area contributed by atoms with Gasteiger partial charge in [-0.05, 0) is 52.9 Å². The van der Waals surface area contributed by atoms with Crippen molar-refractivity contribution >= 4 is 12.3 Å². The van der Waals surface area contributed by atoms with Gasteiger partial charge in [0.25, 0.3) is 0 Å². The summed E-state index contributed by atoms with van der Waals surface area (Å²) in [6.45, 7) is 8.94. The van der Waals surface area contributed by atoms with Crippen LogP contribution in [0.25, 0.3) is 0 Å². The highest BCUT2D eigenvalue weighted by Crippen LogP contribution is 2.28. The fourth-order valence-electron chi connectivity index (χ4n) is 2.90. The summed E-state index contributed by atoms with van der Waals surface area (Å²) >= 11 is 0. The normalized spacial score (nSPS) is 28.9. The van der Waals surface area contributed by atoms with Gasteiger partial charge >= 0.3 is 6.09 Å². The van der Waals surface area contributed by atoms with Crippen molar-refractivity contribution in [3.05, 3.63) is 12.0 Å². The number of carbonyl (C=O) groups excluding carboxylic acids is 1. The number of halogens is 1. The highest BCUT2D eigenvalue weighted by Gasteiger charge is 2.33. The van der Waals surface area contributed by atoms with Crippen molar-refractivity contribution in [2.75, 3.05) is 13.1 Å². The molecular formula is C16H26FN3O2. The Morgan fingerprint density at radius 1 is 1.59 bits per heavy atom. The summed E-state index contributed by atoms with van der Waals surface area (Å²) < 4.78 is 18.4. The third-order valence-electron chi connectivity index (χ3n) is 3.85. The van der Waals surface area contributed by atoms with Crippen LogP contribution in [0.4, 0.5) is 9.18 Å². The van der Waals surface area contributed by atoms with E-state index in [-0.39, 0.29) is 11.9 Å². The Morgan fingerprint density at radius 3 is 2.91 bits per heavy atom. The van der Waals surface area contributed by atoms with Gasteiger partial charge in [-0.15, -0.1) is 0 Å². The van der Waals surface area contributed by atoms with E-state index in [1.807, 2.05) is 27.7 Å². The molecule has 0 aromatic carbocycles. The van der Waals surface area contributed by atoms with Crippen molar-refractivity contribution in [3.63, 3.8) is 0 Å². The van der Waals surface area contributed by atoms with Crippen LogP contribution >= 0.6 is 0 Å². The van der Waals surface area contributed by atoms with Crippen LogP contribution in [0.15, 0.2) is 17.0 Å². The highest BCUT2D eigenvalue weighted by molar-refractivity contribution is 5.76. The molecule has 124 valence electrons. The molecule has 1 fully saturated rings. The molecule has 0 radical (unpaired) electrons. The maximum atomic E-state index is 13.0. The van der Waals surface area contributed by atoms with Gasteiger partial charge in [0, 0.05) is 19.3 Å². The third-order valence-corrected chi connectivity index (χ3v) is 3.85. The zero-order valence-electron chi connectivity index (χ0n) is 13.9. The number of rotatable bonds is 2. The molecule has 0 saturated carbocycles. The smallest absolute Gasteiger partial charge is 0.410 e. The topological polar surface area (TPSA) is 53.9 Å². The highest BCUT2D eigenvalue weighted by atomic mass is 19.1. The van der Waals surface area contributed by atoms with Gasteiger partial charge in [0.05, 0.1) is 6.21 Å². The van der Waals surface area contributed by atoms with E-state index in [0.29, 0.717) is 12.5 Å². The van der Waals surface area contributed by atoms with E-state index < -0.39 is 11.3 Å². The summed E-state index contributed by atoms with van der Waals surface area (Å²) in [6, 6.07) is 0. The number of likely N-dealkylation sites (tertiary alicyclic amines) is 1. The summed E-state index contributed by atoms with van der Waals surface area (Å²) in [5, 5.41) is 3.01. The molecule has 0 bridgehead atoms. The fraction of sp³-hybridized carbons (Fsp3) is 0.750. The molecule has 2 atom stereocenters. The lowest BCUT2D eigenvalue weighted by Gasteiger charge is -2.38. The molecule has 2 rings (SSSR count). The lowest BCUT2D eigenvalue weighted by atomic mass is 9.89. The summed E-state index contributed by atoms with van der Waals surface area (Å²) in [4.78, 5) is 18.2. The Hall–Kier alpha value is -1.59. The minimum atomic E-state index is -0.503. The number of aliphatic imine (C=N–C) groups is 1. The standard InChI is InChI=1S/C16H26FN3O2/c1-15(2,3)22-14(21)20-7-5-6-12(11-20)8-16(4)18-9-13(17)10-19-16/h9-10,12,18H,5-8,11H2,1-4H3/t12-,16?/m1/s1. The molecular weight excluding hydrogens is 285 g/mol. The predicted octanol–water partition coefficient (Wildman–Crippen LogP) is 3.22. The quantitative estimate of drug-likeness (QED) is 0.852. The first-order valence-corrected chi connectivity index (χ1v) is 7.83.